The molecular weight excluding hydrogens is 278 g/mol. The fourth-order valence-electron chi connectivity index (χ4n) is 2.52. The molecule has 120 valence electrons. The first-order valence-corrected chi connectivity index (χ1v) is 8.00. The molecule has 2 aromatic heterocycles. The zero-order valence-corrected chi connectivity index (χ0v) is 13.4. The molecule has 2 aromatic rings. The van der Waals surface area contributed by atoms with Crippen molar-refractivity contribution in [1.82, 2.24) is 25.2 Å². The Balaban J connectivity index is 1.81. The predicted octanol–water partition coefficient (Wildman–Crippen LogP) is 1.53. The monoisotopic (exact) mass is 303 g/mol. The first-order valence-electron chi connectivity index (χ1n) is 8.00. The summed E-state index contributed by atoms with van der Waals surface area (Å²) in [5.41, 5.74) is 1.39. The average molecular weight is 303 g/mol. The van der Waals surface area contributed by atoms with E-state index < -0.39 is 0 Å². The molecule has 0 radical (unpaired) electrons. The minimum atomic E-state index is -0.118. The van der Waals surface area contributed by atoms with Gasteiger partial charge in [0.1, 0.15) is 5.52 Å². The van der Waals surface area contributed by atoms with E-state index in [0.29, 0.717) is 17.4 Å². The topological polar surface area (TPSA) is 73.9 Å². The van der Waals surface area contributed by atoms with Gasteiger partial charge in [-0.3, -0.25) is 9.78 Å². The summed E-state index contributed by atoms with van der Waals surface area (Å²) >= 11 is 0. The Bertz CT molecular complexity index is 636. The molecule has 0 unspecified atom stereocenters. The van der Waals surface area contributed by atoms with Gasteiger partial charge in [0.05, 0.1) is 17.4 Å². The van der Waals surface area contributed by atoms with Gasteiger partial charge in [0.2, 0.25) is 0 Å². The smallest absolute Gasteiger partial charge is 0.258 e. The standard InChI is InChI=1S/C16H25N5O/c1-3-21(4-2)10-6-5-8-17-11-14-15-13(7-9-18-14)16(22)20-12-19-15/h7,9,12,17H,3-6,8,10-11H2,1-2H3,(H,19,20,22). The third-order valence-electron chi connectivity index (χ3n) is 3.90. The molecule has 2 rings (SSSR count). The van der Waals surface area contributed by atoms with E-state index in [1.807, 2.05) is 0 Å². The van der Waals surface area contributed by atoms with E-state index in [-0.39, 0.29) is 5.56 Å². The number of hydrogen-bond acceptors (Lipinski definition) is 5. The first-order chi connectivity index (χ1) is 10.8. The quantitative estimate of drug-likeness (QED) is 0.687. The maximum Gasteiger partial charge on any atom is 0.258 e. The fourth-order valence-corrected chi connectivity index (χ4v) is 2.52. The second-order valence-electron chi connectivity index (χ2n) is 5.30. The highest BCUT2D eigenvalue weighted by Crippen LogP contribution is 2.09. The van der Waals surface area contributed by atoms with Gasteiger partial charge in [0, 0.05) is 12.7 Å². The number of fused-ring (bicyclic) bond motifs is 1. The molecule has 2 heterocycles. The molecule has 22 heavy (non-hydrogen) atoms. The largest absolute Gasteiger partial charge is 0.313 e. The summed E-state index contributed by atoms with van der Waals surface area (Å²) < 4.78 is 0. The summed E-state index contributed by atoms with van der Waals surface area (Å²) in [6.45, 7) is 9.36. The molecule has 0 aromatic carbocycles. The normalized spacial score (nSPS) is 11.4. The molecule has 0 saturated carbocycles. The molecule has 0 aliphatic carbocycles. The summed E-state index contributed by atoms with van der Waals surface area (Å²) in [6.07, 6.45) is 5.42. The van der Waals surface area contributed by atoms with Crippen LogP contribution in [0.5, 0.6) is 0 Å². The van der Waals surface area contributed by atoms with Gasteiger partial charge >= 0.3 is 0 Å². The summed E-state index contributed by atoms with van der Waals surface area (Å²) in [5, 5.41) is 3.98. The van der Waals surface area contributed by atoms with Crippen LogP contribution >= 0.6 is 0 Å². The van der Waals surface area contributed by atoms with Gasteiger partial charge in [-0.05, 0) is 45.1 Å². The zero-order chi connectivity index (χ0) is 15.8. The van der Waals surface area contributed by atoms with E-state index in [1.54, 1.807) is 12.3 Å². The zero-order valence-electron chi connectivity index (χ0n) is 13.4. The minimum absolute atomic E-state index is 0.118. The van der Waals surface area contributed by atoms with Crippen molar-refractivity contribution in [3.8, 4) is 0 Å². The van der Waals surface area contributed by atoms with Crippen LogP contribution in [0.3, 0.4) is 0 Å². The average Bonchev–Trinajstić information content (AvgIpc) is 2.55. The number of aromatic amines is 1. The number of unbranched alkanes of at least 4 members (excludes halogenated alkanes) is 1. The molecule has 0 aliphatic heterocycles. The van der Waals surface area contributed by atoms with Crippen molar-refractivity contribution >= 4 is 10.9 Å². The molecule has 0 saturated heterocycles. The maximum absolute atomic E-state index is 11.7. The lowest BCUT2D eigenvalue weighted by Crippen LogP contribution is -2.25. The highest BCUT2D eigenvalue weighted by molar-refractivity contribution is 5.78. The molecule has 2 N–H and O–H groups in total. The highest BCUT2D eigenvalue weighted by Gasteiger charge is 2.06. The van der Waals surface area contributed by atoms with Crippen molar-refractivity contribution in [3.05, 3.63) is 34.6 Å². The predicted molar refractivity (Wildman–Crippen MR) is 88.9 cm³/mol. The van der Waals surface area contributed by atoms with Gasteiger partial charge in [-0.25, -0.2) is 4.98 Å². The van der Waals surface area contributed by atoms with Crippen LogP contribution in [0.15, 0.2) is 23.4 Å². The molecule has 0 spiro atoms. The number of H-pyrrole nitrogens is 1. The van der Waals surface area contributed by atoms with Gasteiger partial charge in [-0.2, -0.15) is 0 Å². The molecule has 6 heteroatoms. The van der Waals surface area contributed by atoms with Crippen LogP contribution in [0.1, 0.15) is 32.4 Å². The second-order valence-corrected chi connectivity index (χ2v) is 5.30. The number of aromatic nitrogens is 3. The second kappa shape index (κ2) is 8.60. The van der Waals surface area contributed by atoms with Crippen molar-refractivity contribution < 1.29 is 0 Å². The van der Waals surface area contributed by atoms with Crippen LogP contribution in [-0.2, 0) is 6.54 Å². The van der Waals surface area contributed by atoms with E-state index in [4.69, 9.17) is 0 Å². The lowest BCUT2D eigenvalue weighted by molar-refractivity contribution is 0.296. The molecule has 0 bridgehead atoms. The number of rotatable bonds is 9. The van der Waals surface area contributed by atoms with Crippen molar-refractivity contribution in [2.45, 2.75) is 33.2 Å². The molecular formula is C16H25N5O. The summed E-state index contributed by atoms with van der Waals surface area (Å²) in [6, 6.07) is 1.70. The van der Waals surface area contributed by atoms with E-state index >= 15 is 0 Å². The molecule has 0 aliphatic rings. The van der Waals surface area contributed by atoms with Crippen LogP contribution in [0.4, 0.5) is 0 Å². The van der Waals surface area contributed by atoms with E-state index in [0.717, 1.165) is 38.3 Å². The summed E-state index contributed by atoms with van der Waals surface area (Å²) in [5.74, 6) is 0. The highest BCUT2D eigenvalue weighted by atomic mass is 16.1. The van der Waals surface area contributed by atoms with Crippen LogP contribution in [-0.4, -0.2) is 46.0 Å². The van der Waals surface area contributed by atoms with Crippen molar-refractivity contribution in [2.24, 2.45) is 0 Å². The maximum atomic E-state index is 11.7. The van der Waals surface area contributed by atoms with Gasteiger partial charge in [-0.1, -0.05) is 13.8 Å². The molecule has 0 atom stereocenters. The van der Waals surface area contributed by atoms with Crippen LogP contribution < -0.4 is 10.9 Å². The molecule has 0 amide bonds. The Morgan fingerprint density at radius 2 is 2.05 bits per heavy atom. The third kappa shape index (κ3) is 4.35. The first kappa shape index (κ1) is 16.6. The van der Waals surface area contributed by atoms with Crippen molar-refractivity contribution in [1.29, 1.82) is 0 Å². The van der Waals surface area contributed by atoms with Gasteiger partial charge < -0.3 is 15.2 Å². The Morgan fingerprint density at radius 3 is 2.82 bits per heavy atom. The van der Waals surface area contributed by atoms with Crippen LogP contribution in [0, 0.1) is 0 Å². The lowest BCUT2D eigenvalue weighted by atomic mass is 10.2. The Hall–Kier alpha value is -1.79. The van der Waals surface area contributed by atoms with E-state index in [2.05, 4.69) is 39.0 Å². The van der Waals surface area contributed by atoms with Crippen LogP contribution in [0.25, 0.3) is 10.9 Å². The Kier molecular flexibility index (Phi) is 6.48. The van der Waals surface area contributed by atoms with Gasteiger partial charge in [-0.15, -0.1) is 0 Å². The molecule has 0 fully saturated rings. The third-order valence-corrected chi connectivity index (χ3v) is 3.90. The summed E-state index contributed by atoms with van der Waals surface area (Å²) in [7, 11) is 0. The number of nitrogens with one attached hydrogen (secondary N) is 2. The number of pyridine rings is 1. The van der Waals surface area contributed by atoms with Crippen molar-refractivity contribution in [3.63, 3.8) is 0 Å². The van der Waals surface area contributed by atoms with Crippen molar-refractivity contribution in [2.75, 3.05) is 26.2 Å². The summed E-state index contributed by atoms with van der Waals surface area (Å²) in [4.78, 5) is 25.3. The van der Waals surface area contributed by atoms with Crippen LogP contribution in [0.2, 0.25) is 0 Å². The van der Waals surface area contributed by atoms with E-state index in [1.165, 1.54) is 12.7 Å². The SMILES string of the molecule is CCN(CC)CCCCNCc1nccc2c(=O)[nH]cnc12. The Labute approximate surface area is 131 Å². The lowest BCUT2D eigenvalue weighted by Gasteiger charge is -2.17. The number of hydrogen-bond donors (Lipinski definition) is 2. The fraction of sp³-hybridized carbons (Fsp3) is 0.562. The van der Waals surface area contributed by atoms with E-state index in [9.17, 15) is 4.79 Å². The molecule has 6 nitrogen and oxygen atoms in total. The Morgan fingerprint density at radius 1 is 1.23 bits per heavy atom. The van der Waals surface area contributed by atoms with Gasteiger partial charge in [0.15, 0.2) is 0 Å². The number of nitrogens with zero attached hydrogens (tertiary/aromatic N) is 3. The minimum Gasteiger partial charge on any atom is -0.313 e. The van der Waals surface area contributed by atoms with Gasteiger partial charge in [0.25, 0.3) is 5.56 Å².